The number of methoxy groups -OCH3 is 1. The van der Waals surface area contributed by atoms with E-state index in [0.717, 1.165) is 5.56 Å². The number of aromatic nitrogens is 1. The highest BCUT2D eigenvalue weighted by Gasteiger charge is 2.12. The molecule has 96 valence electrons. The Hall–Kier alpha value is -1.30. The molecule has 1 N–H and O–H groups in total. The van der Waals surface area contributed by atoms with Crippen molar-refractivity contribution >= 4 is 22.9 Å². The monoisotopic (exact) mass is 285 g/mol. The van der Waals surface area contributed by atoms with Crippen molar-refractivity contribution in [1.82, 2.24) is 4.98 Å². The van der Waals surface area contributed by atoms with Crippen LogP contribution in [0.5, 0.6) is 16.7 Å². The summed E-state index contributed by atoms with van der Waals surface area (Å²) in [5.74, 6) is 1.20. The maximum Gasteiger partial charge on any atom is 0.280 e. The van der Waals surface area contributed by atoms with Crippen LogP contribution in [0.4, 0.5) is 0 Å². The molecule has 0 spiro atoms. The Bertz CT molecular complexity index is 556. The zero-order valence-electron chi connectivity index (χ0n) is 9.94. The Labute approximate surface area is 114 Å². The summed E-state index contributed by atoms with van der Waals surface area (Å²) < 4.78 is 10.8. The second-order valence-electron chi connectivity index (χ2n) is 3.61. The number of rotatable bonds is 4. The predicted molar refractivity (Wildman–Crippen MR) is 70.9 cm³/mol. The molecular formula is C12H12ClNO3S. The third-order valence-electron chi connectivity index (χ3n) is 2.29. The quantitative estimate of drug-likeness (QED) is 0.935. The van der Waals surface area contributed by atoms with Gasteiger partial charge in [-0.3, -0.25) is 0 Å². The molecular weight excluding hydrogens is 274 g/mol. The van der Waals surface area contributed by atoms with Crippen molar-refractivity contribution in [1.29, 1.82) is 0 Å². The molecule has 0 unspecified atom stereocenters. The molecule has 6 heteroatoms. The molecule has 2 rings (SSSR count). The fourth-order valence-electron chi connectivity index (χ4n) is 1.41. The zero-order valence-corrected chi connectivity index (χ0v) is 11.5. The molecule has 1 aromatic heterocycles. The molecule has 0 saturated carbocycles. The van der Waals surface area contributed by atoms with Gasteiger partial charge in [0.15, 0.2) is 11.5 Å². The van der Waals surface area contributed by atoms with E-state index in [1.54, 1.807) is 7.11 Å². The lowest BCUT2D eigenvalue weighted by Crippen LogP contribution is -1.90. The normalized spacial score (nSPS) is 10.4. The van der Waals surface area contributed by atoms with E-state index in [4.69, 9.17) is 26.2 Å². The Kier molecular flexibility index (Phi) is 4.06. The first-order valence-corrected chi connectivity index (χ1v) is 6.42. The summed E-state index contributed by atoms with van der Waals surface area (Å²) in [4.78, 5) is 4.60. The number of aliphatic hydroxyl groups is 1. The van der Waals surface area contributed by atoms with Crippen LogP contribution in [0.1, 0.15) is 10.4 Å². The molecule has 4 nitrogen and oxygen atoms in total. The smallest absolute Gasteiger partial charge is 0.280 e. The summed E-state index contributed by atoms with van der Waals surface area (Å²) in [5.41, 5.74) is 1.08. The van der Waals surface area contributed by atoms with Crippen molar-refractivity contribution in [2.45, 2.75) is 13.5 Å². The van der Waals surface area contributed by atoms with Crippen LogP contribution in [0.25, 0.3) is 0 Å². The molecule has 0 amide bonds. The Morgan fingerprint density at radius 3 is 2.78 bits per heavy atom. The van der Waals surface area contributed by atoms with E-state index in [0.29, 0.717) is 21.6 Å². The van der Waals surface area contributed by atoms with Crippen molar-refractivity contribution in [3.8, 4) is 16.7 Å². The van der Waals surface area contributed by atoms with E-state index in [1.807, 2.05) is 25.1 Å². The van der Waals surface area contributed by atoms with Gasteiger partial charge in [-0.05, 0) is 24.6 Å². The van der Waals surface area contributed by atoms with E-state index in [-0.39, 0.29) is 11.8 Å². The van der Waals surface area contributed by atoms with Gasteiger partial charge in [-0.25, -0.2) is 0 Å². The van der Waals surface area contributed by atoms with E-state index in [2.05, 4.69) is 4.98 Å². The van der Waals surface area contributed by atoms with Crippen LogP contribution in [0, 0.1) is 6.92 Å². The molecule has 0 radical (unpaired) electrons. The highest BCUT2D eigenvalue weighted by Crippen LogP contribution is 2.36. The van der Waals surface area contributed by atoms with Crippen molar-refractivity contribution in [3.63, 3.8) is 0 Å². The van der Waals surface area contributed by atoms with Crippen LogP contribution in [0.15, 0.2) is 18.2 Å². The van der Waals surface area contributed by atoms with Crippen LogP contribution in [0.3, 0.4) is 0 Å². The number of hydrogen-bond donors (Lipinski definition) is 1. The molecule has 2 aromatic rings. The van der Waals surface area contributed by atoms with Crippen LogP contribution in [-0.4, -0.2) is 17.2 Å². The third kappa shape index (κ3) is 2.75. The number of thiazole rings is 1. The minimum Gasteiger partial charge on any atom is -0.493 e. The van der Waals surface area contributed by atoms with Crippen molar-refractivity contribution in [3.05, 3.63) is 33.8 Å². The molecule has 0 aliphatic rings. The molecule has 0 saturated heterocycles. The fraction of sp³-hybridized carbons (Fsp3) is 0.250. The van der Waals surface area contributed by atoms with Gasteiger partial charge < -0.3 is 14.6 Å². The van der Waals surface area contributed by atoms with Gasteiger partial charge in [-0.1, -0.05) is 29.0 Å². The molecule has 1 aromatic carbocycles. The lowest BCUT2D eigenvalue weighted by Gasteiger charge is -2.08. The molecule has 0 bridgehead atoms. The first-order valence-electron chi connectivity index (χ1n) is 5.22. The fourth-order valence-corrected chi connectivity index (χ4v) is 2.38. The van der Waals surface area contributed by atoms with Gasteiger partial charge >= 0.3 is 0 Å². The summed E-state index contributed by atoms with van der Waals surface area (Å²) >= 11 is 7.05. The minimum absolute atomic E-state index is 0.148. The van der Waals surface area contributed by atoms with Crippen molar-refractivity contribution < 1.29 is 14.6 Å². The summed E-state index contributed by atoms with van der Waals surface area (Å²) in [6, 6.07) is 5.60. The number of nitrogens with zero attached hydrogens (tertiary/aromatic N) is 1. The van der Waals surface area contributed by atoms with Crippen LogP contribution >= 0.6 is 22.9 Å². The van der Waals surface area contributed by atoms with Gasteiger partial charge in [-0.15, -0.1) is 0 Å². The van der Waals surface area contributed by atoms with Gasteiger partial charge in [0.2, 0.25) is 0 Å². The first-order chi connectivity index (χ1) is 8.63. The van der Waals surface area contributed by atoms with Gasteiger partial charge in [0.05, 0.1) is 18.6 Å². The largest absolute Gasteiger partial charge is 0.493 e. The second-order valence-corrected chi connectivity index (χ2v) is 5.01. The minimum atomic E-state index is -0.148. The maximum absolute atomic E-state index is 9.04. The van der Waals surface area contributed by atoms with Crippen LogP contribution in [0.2, 0.25) is 5.15 Å². The lowest BCUT2D eigenvalue weighted by atomic mass is 10.2. The van der Waals surface area contributed by atoms with Crippen LogP contribution in [-0.2, 0) is 6.61 Å². The Morgan fingerprint density at radius 1 is 1.39 bits per heavy atom. The van der Waals surface area contributed by atoms with Crippen molar-refractivity contribution in [2.75, 3.05) is 7.11 Å². The molecule has 1 heterocycles. The number of hydrogen-bond acceptors (Lipinski definition) is 5. The average Bonchev–Trinajstić information content (AvgIpc) is 2.71. The molecule has 0 atom stereocenters. The first kappa shape index (κ1) is 13.1. The number of aryl methyl sites for hydroxylation is 1. The summed E-state index contributed by atoms with van der Waals surface area (Å²) in [6.45, 7) is 1.82. The lowest BCUT2D eigenvalue weighted by molar-refractivity contribution is 0.285. The maximum atomic E-state index is 9.04. The number of benzene rings is 1. The SMILES string of the molecule is COc1cc(C)ccc1Oc1nc(Cl)c(CO)s1. The summed E-state index contributed by atoms with van der Waals surface area (Å²) in [7, 11) is 1.58. The van der Waals surface area contributed by atoms with Gasteiger partial charge in [0, 0.05) is 0 Å². The van der Waals surface area contributed by atoms with E-state index in [1.165, 1.54) is 11.3 Å². The molecule has 0 aliphatic carbocycles. The van der Waals surface area contributed by atoms with Crippen LogP contribution < -0.4 is 9.47 Å². The Morgan fingerprint density at radius 2 is 2.17 bits per heavy atom. The second kappa shape index (κ2) is 5.56. The number of aliphatic hydroxyl groups excluding tert-OH is 1. The van der Waals surface area contributed by atoms with Gasteiger partial charge in [0.1, 0.15) is 5.15 Å². The van der Waals surface area contributed by atoms with Crippen molar-refractivity contribution in [2.24, 2.45) is 0 Å². The highest BCUT2D eigenvalue weighted by molar-refractivity contribution is 7.13. The third-order valence-corrected chi connectivity index (χ3v) is 3.63. The number of ether oxygens (including phenoxy) is 2. The topological polar surface area (TPSA) is 51.6 Å². The molecule has 18 heavy (non-hydrogen) atoms. The zero-order chi connectivity index (χ0) is 13.1. The highest BCUT2D eigenvalue weighted by atomic mass is 35.5. The van der Waals surface area contributed by atoms with E-state index < -0.39 is 0 Å². The van der Waals surface area contributed by atoms with E-state index >= 15 is 0 Å². The standard InChI is InChI=1S/C12H12ClNO3S/c1-7-3-4-8(9(5-7)16-2)17-12-14-11(13)10(6-15)18-12/h3-5,15H,6H2,1-2H3. The summed E-state index contributed by atoms with van der Waals surface area (Å²) in [5, 5.41) is 9.69. The van der Waals surface area contributed by atoms with Gasteiger partial charge in [-0.2, -0.15) is 4.98 Å². The van der Waals surface area contributed by atoms with Gasteiger partial charge in [0.25, 0.3) is 5.19 Å². The number of halogens is 1. The predicted octanol–water partition coefficient (Wildman–Crippen LogP) is 3.40. The summed E-state index contributed by atoms with van der Waals surface area (Å²) in [6.07, 6.45) is 0. The average molecular weight is 286 g/mol. The molecule has 0 aliphatic heterocycles. The molecule has 0 fully saturated rings. The Balaban J connectivity index is 2.27. The van der Waals surface area contributed by atoms with E-state index in [9.17, 15) is 0 Å².